The summed E-state index contributed by atoms with van der Waals surface area (Å²) in [5.74, 6) is 0.117. The van der Waals surface area contributed by atoms with E-state index in [9.17, 15) is 19.7 Å². The highest BCUT2D eigenvalue weighted by atomic mass is 16.6. The van der Waals surface area contributed by atoms with E-state index in [-0.39, 0.29) is 23.2 Å². The van der Waals surface area contributed by atoms with E-state index >= 15 is 0 Å². The monoisotopic (exact) mass is 459 g/mol. The van der Waals surface area contributed by atoms with E-state index in [0.29, 0.717) is 35.7 Å². The first kappa shape index (κ1) is 23.0. The van der Waals surface area contributed by atoms with Gasteiger partial charge in [-0.1, -0.05) is 29.8 Å². The molecule has 0 spiro atoms. The second-order valence-electron chi connectivity index (χ2n) is 8.24. The lowest BCUT2D eigenvalue weighted by Gasteiger charge is -2.27. The Balaban J connectivity index is 1.63. The molecule has 1 aliphatic heterocycles. The molecule has 1 fully saturated rings. The predicted octanol–water partition coefficient (Wildman–Crippen LogP) is 4.95. The van der Waals surface area contributed by atoms with Crippen molar-refractivity contribution in [2.75, 3.05) is 13.1 Å². The predicted molar refractivity (Wildman–Crippen MR) is 128 cm³/mol. The normalized spacial score (nSPS) is 14.0. The van der Waals surface area contributed by atoms with Gasteiger partial charge in [-0.05, 0) is 50.5 Å². The second kappa shape index (κ2) is 10.2. The lowest BCUT2D eigenvalue weighted by atomic mass is 10.1. The van der Waals surface area contributed by atoms with Crippen molar-refractivity contribution in [2.45, 2.75) is 26.2 Å². The first-order valence-corrected chi connectivity index (χ1v) is 11.1. The van der Waals surface area contributed by atoms with E-state index in [2.05, 4.69) is 5.32 Å². The first-order valence-electron chi connectivity index (χ1n) is 11.1. The third-order valence-electron chi connectivity index (χ3n) is 5.69. The molecule has 1 N–H and O–H groups in total. The van der Waals surface area contributed by atoms with Crippen molar-refractivity contribution in [2.24, 2.45) is 0 Å². The molecule has 1 aromatic heterocycles. The van der Waals surface area contributed by atoms with Gasteiger partial charge in [0.2, 0.25) is 0 Å². The number of carbonyl (C=O) groups is 2. The van der Waals surface area contributed by atoms with Crippen LogP contribution in [0.5, 0.6) is 0 Å². The molecule has 2 heterocycles. The Morgan fingerprint density at radius 2 is 1.76 bits per heavy atom. The molecular weight excluding hydrogens is 434 g/mol. The van der Waals surface area contributed by atoms with E-state index < -0.39 is 4.92 Å². The van der Waals surface area contributed by atoms with Crippen molar-refractivity contribution in [3.63, 3.8) is 0 Å². The van der Waals surface area contributed by atoms with Gasteiger partial charge in [0, 0.05) is 42.4 Å². The number of nitro groups is 1. The second-order valence-corrected chi connectivity index (χ2v) is 8.24. The fourth-order valence-corrected chi connectivity index (χ4v) is 3.82. The van der Waals surface area contributed by atoms with Gasteiger partial charge >= 0.3 is 0 Å². The molecule has 34 heavy (non-hydrogen) atoms. The maximum atomic E-state index is 13.2. The van der Waals surface area contributed by atoms with Gasteiger partial charge in [0.05, 0.1) is 4.92 Å². The maximum Gasteiger partial charge on any atom is 0.270 e. The summed E-state index contributed by atoms with van der Waals surface area (Å²) < 4.78 is 5.85. The molecule has 0 aliphatic carbocycles. The summed E-state index contributed by atoms with van der Waals surface area (Å²) in [5, 5.41) is 13.8. The highest BCUT2D eigenvalue weighted by Gasteiger charge is 2.23. The minimum atomic E-state index is -0.469. The van der Waals surface area contributed by atoms with Crippen LogP contribution in [0.3, 0.4) is 0 Å². The molecule has 2 aromatic carbocycles. The molecule has 0 radical (unpaired) electrons. The van der Waals surface area contributed by atoms with Crippen LogP contribution in [0.2, 0.25) is 0 Å². The fraction of sp³-hybridized carbons (Fsp3) is 0.231. The number of carbonyl (C=O) groups excluding carboxylic acids is 2. The molecule has 3 aromatic rings. The van der Waals surface area contributed by atoms with Crippen molar-refractivity contribution in [3.8, 4) is 11.3 Å². The number of furan rings is 1. The Bertz CT molecular complexity index is 1240. The number of hydrogen-bond donors (Lipinski definition) is 1. The number of amides is 2. The number of benzene rings is 2. The zero-order chi connectivity index (χ0) is 24.1. The van der Waals surface area contributed by atoms with Gasteiger partial charge in [0.15, 0.2) is 0 Å². The van der Waals surface area contributed by atoms with Crippen LogP contribution in [0, 0.1) is 17.0 Å². The minimum Gasteiger partial charge on any atom is -0.457 e. The van der Waals surface area contributed by atoms with E-state index in [0.717, 1.165) is 24.8 Å². The molecule has 174 valence electrons. The average Bonchev–Trinajstić information content (AvgIpc) is 3.33. The molecule has 1 aliphatic rings. The zero-order valence-corrected chi connectivity index (χ0v) is 18.8. The highest BCUT2D eigenvalue weighted by molar-refractivity contribution is 6.05. The SMILES string of the molecule is Cc1ccc(C(=O)N/C(=C\c2ccc(-c3cccc([N+](=O)[O-])c3)o2)C(=O)N2CCCCC2)cc1. The molecule has 1 saturated heterocycles. The summed E-state index contributed by atoms with van der Waals surface area (Å²) in [6, 6.07) is 16.5. The molecule has 0 saturated carbocycles. The number of rotatable bonds is 6. The van der Waals surface area contributed by atoms with E-state index in [1.165, 1.54) is 18.2 Å². The summed E-state index contributed by atoms with van der Waals surface area (Å²) >= 11 is 0. The van der Waals surface area contributed by atoms with Crippen LogP contribution in [0.25, 0.3) is 17.4 Å². The summed E-state index contributed by atoms with van der Waals surface area (Å²) in [6.07, 6.45) is 4.42. The van der Waals surface area contributed by atoms with Crippen LogP contribution in [0.1, 0.15) is 40.9 Å². The van der Waals surface area contributed by atoms with Crippen molar-refractivity contribution in [1.82, 2.24) is 10.2 Å². The minimum absolute atomic E-state index is 0.0441. The van der Waals surface area contributed by atoms with Gasteiger partial charge in [0.25, 0.3) is 17.5 Å². The number of nitro benzene ring substituents is 1. The fourth-order valence-electron chi connectivity index (χ4n) is 3.82. The summed E-state index contributed by atoms with van der Waals surface area (Å²) in [7, 11) is 0. The average molecular weight is 460 g/mol. The zero-order valence-electron chi connectivity index (χ0n) is 18.8. The van der Waals surface area contributed by atoms with Gasteiger partial charge in [-0.3, -0.25) is 19.7 Å². The van der Waals surface area contributed by atoms with Crippen molar-refractivity contribution >= 4 is 23.6 Å². The number of nitrogens with one attached hydrogen (secondary N) is 1. The number of hydrogen-bond acceptors (Lipinski definition) is 5. The Labute approximate surface area is 197 Å². The topological polar surface area (TPSA) is 106 Å². The molecule has 0 atom stereocenters. The van der Waals surface area contributed by atoms with E-state index in [4.69, 9.17) is 4.42 Å². The Kier molecular flexibility index (Phi) is 6.87. The van der Waals surface area contributed by atoms with E-state index in [1.807, 2.05) is 19.1 Å². The molecule has 0 unspecified atom stereocenters. The smallest absolute Gasteiger partial charge is 0.270 e. The quantitative estimate of drug-likeness (QED) is 0.319. The number of likely N-dealkylation sites (tertiary alicyclic amines) is 1. The van der Waals surface area contributed by atoms with Gasteiger partial charge in [-0.25, -0.2) is 0 Å². The van der Waals surface area contributed by atoms with Crippen LogP contribution in [0.15, 0.2) is 70.8 Å². The number of aryl methyl sites for hydroxylation is 1. The first-order chi connectivity index (χ1) is 16.4. The standard InChI is InChI=1S/C26H25N3O5/c1-18-8-10-19(11-9-18)25(30)27-23(26(31)28-14-3-2-4-15-28)17-22-12-13-24(34-22)20-6-5-7-21(16-20)29(32)33/h5-13,16-17H,2-4,14-15H2,1H3,(H,27,30)/b23-17-. The Morgan fingerprint density at radius 1 is 1.03 bits per heavy atom. The summed E-state index contributed by atoms with van der Waals surface area (Å²) in [5.41, 5.74) is 2.09. The lowest BCUT2D eigenvalue weighted by molar-refractivity contribution is -0.384. The highest BCUT2D eigenvalue weighted by Crippen LogP contribution is 2.27. The van der Waals surface area contributed by atoms with Gasteiger partial charge < -0.3 is 14.6 Å². The summed E-state index contributed by atoms with van der Waals surface area (Å²) in [4.78, 5) is 38.4. The Morgan fingerprint density at radius 3 is 2.47 bits per heavy atom. The largest absolute Gasteiger partial charge is 0.457 e. The number of non-ortho nitro benzene ring substituents is 1. The molecule has 8 heteroatoms. The van der Waals surface area contributed by atoms with Crippen molar-refractivity contribution < 1.29 is 18.9 Å². The molecule has 4 rings (SSSR count). The maximum absolute atomic E-state index is 13.2. The third-order valence-corrected chi connectivity index (χ3v) is 5.69. The number of piperidine rings is 1. The molecule has 0 bridgehead atoms. The molecular formula is C26H25N3O5. The lowest BCUT2D eigenvalue weighted by Crippen LogP contribution is -2.41. The third kappa shape index (κ3) is 5.40. The van der Waals surface area contributed by atoms with Crippen molar-refractivity contribution in [3.05, 3.63) is 93.4 Å². The van der Waals surface area contributed by atoms with Crippen LogP contribution < -0.4 is 5.32 Å². The molecule has 2 amide bonds. The van der Waals surface area contributed by atoms with Crippen molar-refractivity contribution in [1.29, 1.82) is 0 Å². The van der Waals surface area contributed by atoms with Gasteiger partial charge in [-0.2, -0.15) is 0 Å². The van der Waals surface area contributed by atoms with Crippen LogP contribution in [-0.4, -0.2) is 34.7 Å². The van der Waals surface area contributed by atoms with Gasteiger partial charge in [-0.15, -0.1) is 0 Å². The summed E-state index contributed by atoms with van der Waals surface area (Å²) in [6.45, 7) is 3.20. The van der Waals surface area contributed by atoms with Crippen LogP contribution in [-0.2, 0) is 4.79 Å². The Hall–Kier alpha value is -4.20. The van der Waals surface area contributed by atoms with E-state index in [1.54, 1.807) is 41.3 Å². The number of nitrogens with zero attached hydrogens (tertiary/aromatic N) is 2. The molecule has 8 nitrogen and oxygen atoms in total. The van der Waals surface area contributed by atoms with Crippen LogP contribution in [0.4, 0.5) is 5.69 Å². The van der Waals surface area contributed by atoms with Crippen LogP contribution >= 0.6 is 0 Å². The van der Waals surface area contributed by atoms with Gasteiger partial charge in [0.1, 0.15) is 17.2 Å².